The summed E-state index contributed by atoms with van der Waals surface area (Å²) in [5, 5.41) is 10.4. The maximum Gasteiger partial charge on any atom is 0.227 e. The van der Waals surface area contributed by atoms with Crippen LogP contribution in [0, 0.1) is 18.8 Å². The molecule has 19 heavy (non-hydrogen) atoms. The summed E-state index contributed by atoms with van der Waals surface area (Å²) in [5.74, 6) is 0.900. The van der Waals surface area contributed by atoms with Gasteiger partial charge in [-0.25, -0.2) is 0 Å². The Bertz CT molecular complexity index is 431. The third-order valence-corrected chi connectivity index (χ3v) is 3.85. The topological polar surface area (TPSA) is 57.8 Å². The number of aromatic nitrogens is 2. The summed E-state index contributed by atoms with van der Waals surface area (Å²) in [6.45, 7) is 6.29. The van der Waals surface area contributed by atoms with E-state index in [1.807, 2.05) is 6.92 Å². The number of hydrogen-bond acceptors (Lipinski definition) is 2. The molecule has 106 valence electrons. The maximum absolute atomic E-state index is 12.3. The van der Waals surface area contributed by atoms with Crippen LogP contribution >= 0.6 is 0 Å². The second-order valence-corrected chi connectivity index (χ2v) is 6.09. The fourth-order valence-corrected chi connectivity index (χ4v) is 2.77. The Morgan fingerprint density at radius 2 is 2.05 bits per heavy atom. The minimum absolute atomic E-state index is 0.175. The average Bonchev–Trinajstić information content (AvgIpc) is 2.72. The normalized spacial score (nSPS) is 16.8. The van der Waals surface area contributed by atoms with Crippen LogP contribution in [-0.4, -0.2) is 16.1 Å². The van der Waals surface area contributed by atoms with Crippen molar-refractivity contribution in [1.29, 1.82) is 0 Å². The fourth-order valence-electron chi connectivity index (χ4n) is 2.77. The molecular formula is C15H25N3O. The first-order valence-corrected chi connectivity index (χ1v) is 7.42. The van der Waals surface area contributed by atoms with Gasteiger partial charge in [-0.05, 0) is 32.1 Å². The Morgan fingerprint density at radius 3 is 2.68 bits per heavy atom. The van der Waals surface area contributed by atoms with Crippen LogP contribution in [-0.2, 0) is 11.2 Å². The summed E-state index contributed by atoms with van der Waals surface area (Å²) in [6.07, 6.45) is 6.59. The number of aromatic amines is 1. The minimum Gasteiger partial charge on any atom is -0.323 e. The van der Waals surface area contributed by atoms with Crippen LogP contribution < -0.4 is 5.32 Å². The lowest BCUT2D eigenvalue weighted by Crippen LogP contribution is -2.25. The Hall–Kier alpha value is -1.32. The highest BCUT2D eigenvalue weighted by atomic mass is 16.1. The van der Waals surface area contributed by atoms with Gasteiger partial charge < -0.3 is 5.32 Å². The maximum atomic E-state index is 12.3. The Labute approximate surface area is 115 Å². The lowest BCUT2D eigenvalue weighted by atomic mass is 9.88. The molecule has 0 spiro atoms. The molecule has 1 aliphatic rings. The Morgan fingerprint density at radius 1 is 1.37 bits per heavy atom. The molecule has 2 rings (SSSR count). The summed E-state index contributed by atoms with van der Waals surface area (Å²) in [7, 11) is 0. The van der Waals surface area contributed by atoms with Gasteiger partial charge in [-0.15, -0.1) is 0 Å². The number of carbonyl (C=O) groups excluding carboxylic acids is 1. The molecule has 1 aliphatic carbocycles. The van der Waals surface area contributed by atoms with E-state index < -0.39 is 0 Å². The van der Waals surface area contributed by atoms with E-state index >= 15 is 0 Å². The average molecular weight is 263 g/mol. The molecule has 0 aliphatic heterocycles. The van der Waals surface area contributed by atoms with E-state index in [-0.39, 0.29) is 11.8 Å². The highest BCUT2D eigenvalue weighted by Crippen LogP contribution is 2.27. The van der Waals surface area contributed by atoms with Gasteiger partial charge in [-0.1, -0.05) is 33.1 Å². The SMILES string of the molecule is Cc1[nH]nc(CC(C)C)c1NC(=O)C1CCCCC1. The first-order valence-electron chi connectivity index (χ1n) is 7.42. The zero-order valence-electron chi connectivity index (χ0n) is 12.3. The largest absolute Gasteiger partial charge is 0.323 e. The highest BCUT2D eigenvalue weighted by molar-refractivity contribution is 5.93. The summed E-state index contributed by atoms with van der Waals surface area (Å²) in [4.78, 5) is 12.3. The molecule has 1 aromatic heterocycles. The number of aryl methyl sites for hydroxylation is 1. The second-order valence-electron chi connectivity index (χ2n) is 6.09. The van der Waals surface area contributed by atoms with Crippen molar-refractivity contribution in [2.45, 2.75) is 59.3 Å². The second kappa shape index (κ2) is 6.22. The first-order chi connectivity index (χ1) is 9.08. The van der Waals surface area contributed by atoms with E-state index in [2.05, 4.69) is 29.4 Å². The third kappa shape index (κ3) is 3.58. The predicted octanol–water partition coefficient (Wildman–Crippen LogP) is 3.44. The molecule has 1 aromatic rings. The number of hydrogen-bond donors (Lipinski definition) is 2. The quantitative estimate of drug-likeness (QED) is 0.874. The number of amides is 1. The molecule has 2 N–H and O–H groups in total. The van der Waals surface area contributed by atoms with Crippen molar-refractivity contribution in [3.8, 4) is 0 Å². The van der Waals surface area contributed by atoms with Crippen molar-refractivity contribution in [3.05, 3.63) is 11.4 Å². The molecule has 0 radical (unpaired) electrons. The van der Waals surface area contributed by atoms with Gasteiger partial charge >= 0.3 is 0 Å². The van der Waals surface area contributed by atoms with E-state index in [0.29, 0.717) is 5.92 Å². The van der Waals surface area contributed by atoms with Crippen LogP contribution in [0.2, 0.25) is 0 Å². The van der Waals surface area contributed by atoms with Crippen molar-refractivity contribution in [2.75, 3.05) is 5.32 Å². The van der Waals surface area contributed by atoms with Gasteiger partial charge in [-0.2, -0.15) is 5.10 Å². The number of H-pyrrole nitrogens is 1. The minimum atomic E-state index is 0.175. The van der Waals surface area contributed by atoms with Crippen molar-refractivity contribution in [1.82, 2.24) is 10.2 Å². The number of nitrogens with one attached hydrogen (secondary N) is 2. The molecule has 0 saturated heterocycles. The zero-order valence-corrected chi connectivity index (χ0v) is 12.3. The van der Waals surface area contributed by atoms with Crippen molar-refractivity contribution in [2.24, 2.45) is 11.8 Å². The summed E-state index contributed by atoms with van der Waals surface area (Å²) >= 11 is 0. The molecule has 1 amide bonds. The first kappa shape index (κ1) is 14.1. The molecule has 1 saturated carbocycles. The van der Waals surface area contributed by atoms with Gasteiger partial charge in [0.2, 0.25) is 5.91 Å². The lowest BCUT2D eigenvalue weighted by Gasteiger charge is -2.21. The van der Waals surface area contributed by atoms with E-state index in [1.54, 1.807) is 0 Å². The highest BCUT2D eigenvalue weighted by Gasteiger charge is 2.23. The molecule has 0 aromatic carbocycles. The monoisotopic (exact) mass is 263 g/mol. The number of anilines is 1. The van der Waals surface area contributed by atoms with Crippen LogP contribution in [0.1, 0.15) is 57.3 Å². The van der Waals surface area contributed by atoms with Gasteiger partial charge in [0.25, 0.3) is 0 Å². The standard InChI is InChI=1S/C15H25N3O/c1-10(2)9-13-14(11(3)17-18-13)16-15(19)12-7-5-4-6-8-12/h10,12H,4-9H2,1-3H3,(H,16,19)(H,17,18). The van der Waals surface area contributed by atoms with Gasteiger partial charge in [0.15, 0.2) is 0 Å². The molecular weight excluding hydrogens is 238 g/mol. The van der Waals surface area contributed by atoms with Crippen LogP contribution in [0.25, 0.3) is 0 Å². The van der Waals surface area contributed by atoms with Crippen LogP contribution in [0.5, 0.6) is 0 Å². The molecule has 0 atom stereocenters. The Balaban J connectivity index is 2.05. The number of rotatable bonds is 4. The van der Waals surface area contributed by atoms with Crippen molar-refractivity contribution in [3.63, 3.8) is 0 Å². The van der Waals surface area contributed by atoms with Gasteiger partial charge in [0, 0.05) is 5.92 Å². The molecule has 4 heteroatoms. The third-order valence-electron chi connectivity index (χ3n) is 3.85. The lowest BCUT2D eigenvalue weighted by molar-refractivity contribution is -0.120. The van der Waals surface area contributed by atoms with Gasteiger partial charge in [0.05, 0.1) is 17.1 Å². The summed E-state index contributed by atoms with van der Waals surface area (Å²) in [5.41, 5.74) is 2.85. The summed E-state index contributed by atoms with van der Waals surface area (Å²) < 4.78 is 0. The molecule has 0 unspecified atom stereocenters. The smallest absolute Gasteiger partial charge is 0.227 e. The molecule has 1 fully saturated rings. The van der Waals surface area contributed by atoms with E-state index in [9.17, 15) is 4.79 Å². The number of carbonyl (C=O) groups is 1. The van der Waals surface area contributed by atoms with Crippen molar-refractivity contribution < 1.29 is 4.79 Å². The van der Waals surface area contributed by atoms with E-state index in [1.165, 1.54) is 19.3 Å². The van der Waals surface area contributed by atoms with Crippen LogP contribution in [0.4, 0.5) is 5.69 Å². The van der Waals surface area contributed by atoms with E-state index in [0.717, 1.165) is 36.3 Å². The molecule has 1 heterocycles. The summed E-state index contributed by atoms with van der Waals surface area (Å²) in [6, 6.07) is 0. The van der Waals surface area contributed by atoms with Gasteiger partial charge in [-0.3, -0.25) is 9.89 Å². The molecule has 4 nitrogen and oxygen atoms in total. The zero-order chi connectivity index (χ0) is 13.8. The molecule has 0 bridgehead atoms. The van der Waals surface area contributed by atoms with Crippen LogP contribution in [0.3, 0.4) is 0 Å². The van der Waals surface area contributed by atoms with E-state index in [4.69, 9.17) is 0 Å². The predicted molar refractivity (Wildman–Crippen MR) is 77.1 cm³/mol. The Kier molecular flexibility index (Phi) is 4.61. The van der Waals surface area contributed by atoms with Gasteiger partial charge in [0.1, 0.15) is 0 Å². The fraction of sp³-hybridized carbons (Fsp3) is 0.733. The van der Waals surface area contributed by atoms with Crippen molar-refractivity contribution >= 4 is 11.6 Å². The number of nitrogens with zero attached hydrogens (tertiary/aromatic N) is 1. The van der Waals surface area contributed by atoms with Crippen LogP contribution in [0.15, 0.2) is 0 Å².